The number of piperidine rings is 1. The van der Waals surface area contributed by atoms with Crippen molar-refractivity contribution in [1.29, 1.82) is 0 Å². The highest BCUT2D eigenvalue weighted by molar-refractivity contribution is 5.84. The Balaban J connectivity index is 1.72. The van der Waals surface area contributed by atoms with Crippen LogP contribution in [0, 0.1) is 17.8 Å². The normalized spacial score (nSPS) is 33.0. The highest BCUT2D eigenvalue weighted by Gasteiger charge is 2.41. The topological polar surface area (TPSA) is 37.4 Å². The van der Waals surface area contributed by atoms with Crippen molar-refractivity contribution in [3.8, 4) is 0 Å². The molecule has 3 atom stereocenters. The van der Waals surface area contributed by atoms with Crippen LogP contribution in [-0.4, -0.2) is 29.2 Å². The summed E-state index contributed by atoms with van der Waals surface area (Å²) >= 11 is 0. The van der Waals surface area contributed by atoms with E-state index in [1.54, 1.807) is 0 Å². The first-order chi connectivity index (χ1) is 9.68. The minimum atomic E-state index is 0.138. The Labute approximate surface area is 122 Å². The van der Waals surface area contributed by atoms with E-state index in [0.29, 0.717) is 17.6 Å². The first kappa shape index (κ1) is 14.1. The monoisotopic (exact) mass is 277 g/mol. The number of hydrogen-bond donors (Lipinski definition) is 0. The summed E-state index contributed by atoms with van der Waals surface area (Å²) in [6.45, 7) is 2.97. The molecule has 0 radical (unpaired) electrons. The van der Waals surface area contributed by atoms with E-state index in [4.69, 9.17) is 0 Å². The smallest absolute Gasteiger partial charge is 0.225 e. The van der Waals surface area contributed by atoms with E-state index in [1.165, 1.54) is 19.3 Å². The fraction of sp³-hybridized carbons (Fsp3) is 0.882. The molecule has 1 saturated heterocycles. The molecule has 0 aromatic carbocycles. The predicted octanol–water partition coefficient (Wildman–Crippen LogP) is 3.17. The van der Waals surface area contributed by atoms with Gasteiger partial charge in [0.05, 0.1) is 0 Å². The summed E-state index contributed by atoms with van der Waals surface area (Å²) in [5.41, 5.74) is 0. The Morgan fingerprint density at radius 3 is 2.55 bits per heavy atom. The molecule has 3 nitrogen and oxygen atoms in total. The maximum absolute atomic E-state index is 12.8. The molecule has 3 rings (SSSR count). The molecule has 1 amide bonds. The number of amides is 1. The summed E-state index contributed by atoms with van der Waals surface area (Å²) in [6.07, 6.45) is 9.71. The average Bonchev–Trinajstić information content (AvgIpc) is 3.31. The standard InChI is InChI=1S/C17H27NO2/c1-12(13-9-10-13)17(20)18-11-5-4-7-15(18)14-6-2-3-8-16(14)19/h12-15H,2-11H2,1H3. The van der Waals surface area contributed by atoms with Gasteiger partial charge in [-0.3, -0.25) is 9.59 Å². The van der Waals surface area contributed by atoms with E-state index in [1.807, 2.05) is 0 Å². The SMILES string of the molecule is CC(C(=O)N1CCCCC1C1CCCCC1=O)C1CC1. The summed E-state index contributed by atoms with van der Waals surface area (Å²) in [7, 11) is 0. The maximum atomic E-state index is 12.8. The van der Waals surface area contributed by atoms with Crippen molar-refractivity contribution in [3.05, 3.63) is 0 Å². The molecule has 0 aromatic heterocycles. The van der Waals surface area contributed by atoms with E-state index >= 15 is 0 Å². The van der Waals surface area contributed by atoms with Crippen LogP contribution in [0.1, 0.15) is 64.7 Å². The lowest BCUT2D eigenvalue weighted by atomic mass is 9.78. The third kappa shape index (κ3) is 2.77. The van der Waals surface area contributed by atoms with E-state index in [0.717, 1.165) is 45.1 Å². The zero-order valence-electron chi connectivity index (χ0n) is 12.6. The fourth-order valence-electron chi connectivity index (χ4n) is 4.13. The lowest BCUT2D eigenvalue weighted by molar-refractivity contribution is -0.143. The second kappa shape index (κ2) is 5.87. The van der Waals surface area contributed by atoms with Crippen molar-refractivity contribution in [2.24, 2.45) is 17.8 Å². The zero-order chi connectivity index (χ0) is 14.1. The van der Waals surface area contributed by atoms with Gasteiger partial charge in [0.15, 0.2) is 0 Å². The van der Waals surface area contributed by atoms with Gasteiger partial charge in [0.1, 0.15) is 5.78 Å². The Hall–Kier alpha value is -0.860. The van der Waals surface area contributed by atoms with Crippen LogP contribution >= 0.6 is 0 Å². The van der Waals surface area contributed by atoms with Crippen LogP contribution < -0.4 is 0 Å². The first-order valence-electron chi connectivity index (χ1n) is 8.51. The predicted molar refractivity (Wildman–Crippen MR) is 78.2 cm³/mol. The van der Waals surface area contributed by atoms with Crippen molar-refractivity contribution in [2.75, 3.05) is 6.54 Å². The van der Waals surface area contributed by atoms with Crippen LogP contribution in [0.4, 0.5) is 0 Å². The van der Waals surface area contributed by atoms with Crippen LogP contribution in [-0.2, 0) is 9.59 Å². The lowest BCUT2D eigenvalue weighted by Gasteiger charge is -2.42. The zero-order valence-corrected chi connectivity index (χ0v) is 12.6. The second-order valence-corrected chi connectivity index (χ2v) is 7.04. The van der Waals surface area contributed by atoms with Crippen molar-refractivity contribution in [2.45, 2.75) is 70.8 Å². The van der Waals surface area contributed by atoms with Crippen LogP contribution in [0.15, 0.2) is 0 Å². The van der Waals surface area contributed by atoms with Gasteiger partial charge in [-0.1, -0.05) is 13.3 Å². The fourth-order valence-corrected chi connectivity index (χ4v) is 4.13. The summed E-state index contributed by atoms with van der Waals surface area (Å²) < 4.78 is 0. The second-order valence-electron chi connectivity index (χ2n) is 7.04. The molecule has 1 heterocycles. The molecule has 0 N–H and O–H groups in total. The number of hydrogen-bond acceptors (Lipinski definition) is 2. The molecule has 0 spiro atoms. The van der Waals surface area contributed by atoms with Crippen LogP contribution in [0.5, 0.6) is 0 Å². The number of rotatable bonds is 3. The molecule has 1 aliphatic heterocycles. The Kier molecular flexibility index (Phi) is 4.13. The molecule has 3 unspecified atom stereocenters. The van der Waals surface area contributed by atoms with Gasteiger partial charge in [-0.25, -0.2) is 0 Å². The first-order valence-corrected chi connectivity index (χ1v) is 8.51. The molecule has 112 valence electrons. The highest BCUT2D eigenvalue weighted by Crippen LogP contribution is 2.39. The molecular weight excluding hydrogens is 250 g/mol. The van der Waals surface area contributed by atoms with Crippen molar-refractivity contribution in [3.63, 3.8) is 0 Å². The molecule has 3 aliphatic rings. The maximum Gasteiger partial charge on any atom is 0.225 e. The molecule has 3 heteroatoms. The molecular formula is C17H27NO2. The summed E-state index contributed by atoms with van der Waals surface area (Å²) in [6, 6.07) is 0.213. The molecule has 2 saturated carbocycles. The number of ketones is 1. The average molecular weight is 277 g/mol. The third-order valence-corrected chi connectivity index (χ3v) is 5.62. The van der Waals surface area contributed by atoms with Crippen molar-refractivity contribution < 1.29 is 9.59 Å². The van der Waals surface area contributed by atoms with Crippen LogP contribution in [0.2, 0.25) is 0 Å². The largest absolute Gasteiger partial charge is 0.339 e. The molecule has 0 aromatic rings. The van der Waals surface area contributed by atoms with E-state index in [2.05, 4.69) is 11.8 Å². The quantitative estimate of drug-likeness (QED) is 0.794. The van der Waals surface area contributed by atoms with Crippen molar-refractivity contribution >= 4 is 11.7 Å². The Morgan fingerprint density at radius 1 is 1.10 bits per heavy atom. The number of likely N-dealkylation sites (tertiary alicyclic amines) is 1. The molecule has 2 aliphatic carbocycles. The Bertz CT molecular complexity index is 388. The van der Waals surface area contributed by atoms with Gasteiger partial charge in [-0.05, 0) is 50.9 Å². The van der Waals surface area contributed by atoms with Gasteiger partial charge in [0, 0.05) is 30.8 Å². The van der Waals surface area contributed by atoms with Gasteiger partial charge in [0.25, 0.3) is 0 Å². The van der Waals surface area contributed by atoms with Gasteiger partial charge in [0.2, 0.25) is 5.91 Å². The molecule has 3 fully saturated rings. The minimum absolute atomic E-state index is 0.138. The van der Waals surface area contributed by atoms with Crippen LogP contribution in [0.3, 0.4) is 0 Å². The van der Waals surface area contributed by atoms with Crippen LogP contribution in [0.25, 0.3) is 0 Å². The minimum Gasteiger partial charge on any atom is -0.339 e. The van der Waals surface area contributed by atoms with Gasteiger partial charge < -0.3 is 4.90 Å². The number of carbonyl (C=O) groups is 2. The number of Topliss-reactive ketones (excluding diaryl/α,β-unsaturated/α-hetero) is 1. The van der Waals surface area contributed by atoms with Gasteiger partial charge in [-0.2, -0.15) is 0 Å². The Morgan fingerprint density at radius 2 is 1.85 bits per heavy atom. The molecule has 0 bridgehead atoms. The number of nitrogens with zero attached hydrogens (tertiary/aromatic N) is 1. The lowest BCUT2D eigenvalue weighted by Crippen LogP contribution is -2.51. The van der Waals surface area contributed by atoms with Crippen molar-refractivity contribution in [1.82, 2.24) is 4.90 Å². The van der Waals surface area contributed by atoms with Gasteiger partial charge >= 0.3 is 0 Å². The summed E-state index contributed by atoms with van der Waals surface area (Å²) in [5.74, 6) is 1.68. The highest BCUT2D eigenvalue weighted by atomic mass is 16.2. The van der Waals surface area contributed by atoms with Gasteiger partial charge in [-0.15, -0.1) is 0 Å². The van der Waals surface area contributed by atoms with E-state index < -0.39 is 0 Å². The summed E-state index contributed by atoms with van der Waals surface area (Å²) in [5, 5.41) is 0. The third-order valence-electron chi connectivity index (χ3n) is 5.62. The van der Waals surface area contributed by atoms with E-state index in [9.17, 15) is 9.59 Å². The van der Waals surface area contributed by atoms with E-state index in [-0.39, 0.29) is 17.9 Å². The molecule has 20 heavy (non-hydrogen) atoms. The summed E-state index contributed by atoms with van der Waals surface area (Å²) in [4.78, 5) is 27.1. The number of carbonyl (C=O) groups excluding carboxylic acids is 2.